The standard InChI is InChI=1S/C14H13N3O4/c18-9-5-7-16(8-9)14(19)11-3-4-12(17(20)21)10-2-1-6-15-13(10)11/h1-4,6,9,18H,5,7-8H2/t9-/m1/s1. The molecule has 21 heavy (non-hydrogen) atoms. The highest BCUT2D eigenvalue weighted by Gasteiger charge is 2.28. The Hall–Kier alpha value is -2.54. The highest BCUT2D eigenvalue weighted by Crippen LogP contribution is 2.28. The molecule has 1 N–H and O–H groups in total. The molecule has 108 valence electrons. The van der Waals surface area contributed by atoms with E-state index in [1.807, 2.05) is 0 Å². The normalized spacial score (nSPS) is 18.1. The first-order chi connectivity index (χ1) is 10.1. The Labute approximate surface area is 120 Å². The molecule has 1 aromatic heterocycles. The Morgan fingerprint density at radius 1 is 1.43 bits per heavy atom. The summed E-state index contributed by atoms with van der Waals surface area (Å²) in [4.78, 5) is 28.7. The van der Waals surface area contributed by atoms with Crippen LogP contribution in [0.1, 0.15) is 16.8 Å². The number of amides is 1. The van der Waals surface area contributed by atoms with E-state index in [9.17, 15) is 20.0 Å². The monoisotopic (exact) mass is 287 g/mol. The molecule has 7 nitrogen and oxygen atoms in total. The minimum absolute atomic E-state index is 0.0730. The first-order valence-electron chi connectivity index (χ1n) is 6.57. The molecule has 2 heterocycles. The lowest BCUT2D eigenvalue weighted by Gasteiger charge is -2.16. The average Bonchev–Trinajstić information content (AvgIpc) is 2.91. The van der Waals surface area contributed by atoms with Crippen molar-refractivity contribution in [1.82, 2.24) is 9.88 Å². The van der Waals surface area contributed by atoms with Gasteiger partial charge < -0.3 is 10.0 Å². The summed E-state index contributed by atoms with van der Waals surface area (Å²) in [5, 5.41) is 20.9. The maximum Gasteiger partial charge on any atom is 0.278 e. The van der Waals surface area contributed by atoms with Crippen LogP contribution < -0.4 is 0 Å². The van der Waals surface area contributed by atoms with Crippen LogP contribution in [0.25, 0.3) is 10.9 Å². The SMILES string of the molecule is O=C(c1ccc([N+](=O)[O-])c2cccnc12)N1CC[C@@H](O)C1. The number of hydrogen-bond donors (Lipinski definition) is 1. The number of likely N-dealkylation sites (tertiary alicyclic amines) is 1. The van der Waals surface area contributed by atoms with E-state index in [2.05, 4.69) is 4.98 Å². The second kappa shape index (κ2) is 5.10. The number of rotatable bonds is 2. The van der Waals surface area contributed by atoms with Crippen molar-refractivity contribution in [2.75, 3.05) is 13.1 Å². The van der Waals surface area contributed by atoms with E-state index in [0.717, 1.165) is 0 Å². The molecule has 1 saturated heterocycles. The molecule has 1 aliphatic heterocycles. The molecule has 1 fully saturated rings. The quantitative estimate of drug-likeness (QED) is 0.664. The van der Waals surface area contributed by atoms with Gasteiger partial charge >= 0.3 is 0 Å². The van der Waals surface area contributed by atoms with Crippen molar-refractivity contribution in [3.05, 3.63) is 46.1 Å². The van der Waals surface area contributed by atoms with E-state index in [-0.39, 0.29) is 18.1 Å². The Kier molecular flexibility index (Phi) is 3.26. The van der Waals surface area contributed by atoms with Gasteiger partial charge in [0.25, 0.3) is 11.6 Å². The lowest BCUT2D eigenvalue weighted by atomic mass is 10.1. The van der Waals surface area contributed by atoms with Crippen LogP contribution in [0.4, 0.5) is 5.69 Å². The summed E-state index contributed by atoms with van der Waals surface area (Å²) in [6, 6.07) is 5.93. The van der Waals surface area contributed by atoms with Crippen molar-refractivity contribution in [3.63, 3.8) is 0 Å². The molecule has 0 unspecified atom stereocenters. The van der Waals surface area contributed by atoms with E-state index in [0.29, 0.717) is 29.4 Å². The number of aliphatic hydroxyl groups is 1. The number of aliphatic hydroxyl groups excluding tert-OH is 1. The lowest BCUT2D eigenvalue weighted by molar-refractivity contribution is -0.383. The van der Waals surface area contributed by atoms with Gasteiger partial charge in [0.15, 0.2) is 0 Å². The summed E-state index contributed by atoms with van der Waals surface area (Å²) in [6.45, 7) is 0.759. The third kappa shape index (κ3) is 2.31. The van der Waals surface area contributed by atoms with Crippen LogP contribution in [-0.4, -0.2) is 45.0 Å². The summed E-state index contributed by atoms with van der Waals surface area (Å²) in [5.74, 6) is -0.259. The van der Waals surface area contributed by atoms with Gasteiger partial charge in [0.1, 0.15) is 0 Å². The minimum Gasteiger partial charge on any atom is -0.391 e. The molecule has 7 heteroatoms. The van der Waals surface area contributed by atoms with E-state index in [4.69, 9.17) is 0 Å². The van der Waals surface area contributed by atoms with Gasteiger partial charge in [-0.25, -0.2) is 0 Å². The number of β-amino-alcohol motifs (C(OH)–C–C–N with tert-alkyl or cyclic N) is 1. The van der Waals surface area contributed by atoms with Gasteiger partial charge in [-0.1, -0.05) is 0 Å². The number of hydrogen-bond acceptors (Lipinski definition) is 5. The van der Waals surface area contributed by atoms with Gasteiger partial charge in [-0.3, -0.25) is 19.9 Å². The largest absolute Gasteiger partial charge is 0.391 e. The smallest absolute Gasteiger partial charge is 0.278 e. The highest BCUT2D eigenvalue weighted by molar-refractivity contribution is 6.07. The van der Waals surface area contributed by atoms with Crippen LogP contribution >= 0.6 is 0 Å². The molecule has 0 saturated carbocycles. The van der Waals surface area contributed by atoms with Crippen molar-refractivity contribution in [2.24, 2.45) is 0 Å². The molecular weight excluding hydrogens is 274 g/mol. The number of fused-ring (bicyclic) bond motifs is 1. The molecule has 0 aliphatic carbocycles. The number of benzene rings is 1. The maximum absolute atomic E-state index is 12.5. The van der Waals surface area contributed by atoms with Gasteiger partial charge in [0, 0.05) is 25.4 Å². The highest BCUT2D eigenvalue weighted by atomic mass is 16.6. The molecule has 1 amide bonds. The van der Waals surface area contributed by atoms with Gasteiger partial charge in [-0.05, 0) is 24.6 Å². The number of carbonyl (C=O) groups is 1. The zero-order valence-corrected chi connectivity index (χ0v) is 11.1. The van der Waals surface area contributed by atoms with Crippen molar-refractivity contribution >= 4 is 22.5 Å². The maximum atomic E-state index is 12.5. The number of carbonyl (C=O) groups excluding carboxylic acids is 1. The van der Waals surface area contributed by atoms with Crippen LogP contribution in [0.2, 0.25) is 0 Å². The second-order valence-corrected chi connectivity index (χ2v) is 4.98. The van der Waals surface area contributed by atoms with Crippen LogP contribution in [-0.2, 0) is 0 Å². The minimum atomic E-state index is -0.508. The predicted molar refractivity (Wildman–Crippen MR) is 74.9 cm³/mol. The third-order valence-corrected chi connectivity index (χ3v) is 3.62. The fourth-order valence-electron chi connectivity index (χ4n) is 2.59. The topological polar surface area (TPSA) is 96.6 Å². The fraction of sp³-hybridized carbons (Fsp3) is 0.286. The number of aromatic nitrogens is 1. The molecule has 3 rings (SSSR count). The zero-order valence-electron chi connectivity index (χ0n) is 11.1. The number of nitro benzene ring substituents is 1. The Bertz CT molecular complexity index is 731. The molecular formula is C14H13N3O4. The van der Waals surface area contributed by atoms with Crippen LogP contribution in [0, 0.1) is 10.1 Å². The van der Waals surface area contributed by atoms with Crippen molar-refractivity contribution < 1.29 is 14.8 Å². The Morgan fingerprint density at radius 3 is 2.90 bits per heavy atom. The van der Waals surface area contributed by atoms with Gasteiger partial charge in [0.2, 0.25) is 0 Å². The van der Waals surface area contributed by atoms with Crippen LogP contribution in [0.5, 0.6) is 0 Å². The molecule has 0 radical (unpaired) electrons. The van der Waals surface area contributed by atoms with Gasteiger partial charge in [-0.2, -0.15) is 0 Å². The van der Waals surface area contributed by atoms with Crippen LogP contribution in [0.3, 0.4) is 0 Å². The summed E-state index contributed by atoms with van der Waals surface area (Å²) in [5.41, 5.74) is 0.569. The number of nitrogens with zero attached hydrogens (tertiary/aromatic N) is 3. The summed E-state index contributed by atoms with van der Waals surface area (Å²) in [6.07, 6.45) is 1.54. The van der Waals surface area contributed by atoms with Gasteiger partial charge in [0.05, 0.1) is 27.5 Å². The second-order valence-electron chi connectivity index (χ2n) is 4.98. The first-order valence-corrected chi connectivity index (χ1v) is 6.57. The number of non-ortho nitro benzene ring substituents is 1. The van der Waals surface area contributed by atoms with E-state index in [1.165, 1.54) is 18.3 Å². The molecule has 0 spiro atoms. The van der Waals surface area contributed by atoms with E-state index >= 15 is 0 Å². The molecule has 1 aromatic carbocycles. The molecule has 0 bridgehead atoms. The third-order valence-electron chi connectivity index (χ3n) is 3.62. The van der Waals surface area contributed by atoms with Gasteiger partial charge in [-0.15, -0.1) is 0 Å². The first kappa shape index (κ1) is 13.4. The molecule has 1 atom stereocenters. The van der Waals surface area contributed by atoms with E-state index < -0.39 is 11.0 Å². The Morgan fingerprint density at radius 2 is 2.24 bits per heavy atom. The number of pyridine rings is 1. The van der Waals surface area contributed by atoms with Crippen molar-refractivity contribution in [3.8, 4) is 0 Å². The molecule has 2 aromatic rings. The fourth-order valence-corrected chi connectivity index (χ4v) is 2.59. The predicted octanol–water partition coefficient (Wildman–Crippen LogP) is 1.35. The summed E-state index contributed by atoms with van der Waals surface area (Å²) < 4.78 is 0. The summed E-state index contributed by atoms with van der Waals surface area (Å²) in [7, 11) is 0. The summed E-state index contributed by atoms with van der Waals surface area (Å²) >= 11 is 0. The van der Waals surface area contributed by atoms with Crippen LogP contribution in [0.15, 0.2) is 30.5 Å². The lowest BCUT2D eigenvalue weighted by Crippen LogP contribution is -2.29. The number of nitro groups is 1. The zero-order chi connectivity index (χ0) is 15.0. The average molecular weight is 287 g/mol. The molecule has 1 aliphatic rings. The Balaban J connectivity index is 2.09. The van der Waals surface area contributed by atoms with Crippen molar-refractivity contribution in [2.45, 2.75) is 12.5 Å². The van der Waals surface area contributed by atoms with Crippen molar-refractivity contribution in [1.29, 1.82) is 0 Å². The van der Waals surface area contributed by atoms with E-state index in [1.54, 1.807) is 17.0 Å².